The number of rotatable bonds is 3. The fourth-order valence-corrected chi connectivity index (χ4v) is 7.31. The molecule has 6 nitrogen and oxygen atoms in total. The van der Waals surface area contributed by atoms with E-state index < -0.39 is 0 Å². The molecular formula is C25H28Br2ClN3O3. The molecule has 2 fully saturated rings. The van der Waals surface area contributed by atoms with Crippen LogP contribution in [0.1, 0.15) is 41.1 Å². The van der Waals surface area contributed by atoms with Gasteiger partial charge in [0.15, 0.2) is 6.20 Å². The van der Waals surface area contributed by atoms with Gasteiger partial charge in [-0.2, -0.15) is 4.73 Å². The molecule has 34 heavy (non-hydrogen) atoms. The van der Waals surface area contributed by atoms with Crippen molar-refractivity contribution in [2.24, 2.45) is 5.92 Å². The summed E-state index contributed by atoms with van der Waals surface area (Å²) >= 11 is 13.7. The van der Waals surface area contributed by atoms with E-state index in [0.29, 0.717) is 24.8 Å². The molecule has 182 valence electrons. The van der Waals surface area contributed by atoms with Crippen molar-refractivity contribution in [2.45, 2.75) is 31.6 Å². The number of fused-ring (bicyclic) bond motifs is 2. The first-order valence-corrected chi connectivity index (χ1v) is 13.8. The second kappa shape index (κ2) is 10.4. The number of ether oxygens (including phenoxy) is 1. The van der Waals surface area contributed by atoms with Gasteiger partial charge in [0.25, 0.3) is 0 Å². The van der Waals surface area contributed by atoms with Gasteiger partial charge >= 0.3 is 0 Å². The number of aromatic nitrogens is 1. The molecule has 0 saturated carbocycles. The minimum absolute atomic E-state index is 0.0405. The number of nitrogens with zero attached hydrogens (tertiary/aromatic N) is 3. The molecule has 1 amide bonds. The van der Waals surface area contributed by atoms with Crippen LogP contribution < -0.4 is 4.73 Å². The van der Waals surface area contributed by atoms with Crippen molar-refractivity contribution in [2.75, 3.05) is 45.9 Å². The summed E-state index contributed by atoms with van der Waals surface area (Å²) in [5.41, 5.74) is 4.29. The van der Waals surface area contributed by atoms with Gasteiger partial charge in [-0.3, -0.25) is 9.69 Å². The van der Waals surface area contributed by atoms with Crippen LogP contribution in [0.5, 0.6) is 0 Å². The molecule has 2 saturated heterocycles. The lowest BCUT2D eigenvalue weighted by molar-refractivity contribution is -0.616. The number of pyridine rings is 1. The average molecular weight is 614 g/mol. The van der Waals surface area contributed by atoms with E-state index in [9.17, 15) is 10.0 Å². The van der Waals surface area contributed by atoms with E-state index in [1.54, 1.807) is 6.20 Å². The van der Waals surface area contributed by atoms with Crippen molar-refractivity contribution in [1.82, 2.24) is 9.80 Å². The van der Waals surface area contributed by atoms with Gasteiger partial charge in [0, 0.05) is 41.2 Å². The smallest absolute Gasteiger partial charge is 0.236 e. The molecule has 2 aliphatic heterocycles. The van der Waals surface area contributed by atoms with Crippen LogP contribution in [-0.4, -0.2) is 61.6 Å². The van der Waals surface area contributed by atoms with Crippen molar-refractivity contribution in [1.29, 1.82) is 0 Å². The SMILES string of the molecule is O=C(CN1CCOCC1)N1CCC([C@@H]2c3c(Br)cc(Cl)cc3CCc3cc(Br)c[n+]([O-])c32)CC1. The predicted molar refractivity (Wildman–Crippen MR) is 138 cm³/mol. The Morgan fingerprint density at radius 2 is 1.79 bits per heavy atom. The summed E-state index contributed by atoms with van der Waals surface area (Å²) in [6, 6.07) is 6.07. The quantitative estimate of drug-likeness (QED) is 0.383. The number of likely N-dealkylation sites (tertiary alicyclic amines) is 1. The minimum Gasteiger partial charge on any atom is -0.618 e. The lowest BCUT2D eigenvalue weighted by Gasteiger charge is -2.37. The molecule has 1 aliphatic carbocycles. The highest BCUT2D eigenvalue weighted by Gasteiger charge is 2.40. The monoisotopic (exact) mass is 611 g/mol. The van der Waals surface area contributed by atoms with Gasteiger partial charge in [-0.15, -0.1) is 0 Å². The highest BCUT2D eigenvalue weighted by atomic mass is 79.9. The Balaban J connectivity index is 1.42. The van der Waals surface area contributed by atoms with Crippen LogP contribution in [0.15, 0.2) is 33.3 Å². The molecular weight excluding hydrogens is 586 g/mol. The maximum absolute atomic E-state index is 13.2. The van der Waals surface area contributed by atoms with Crippen LogP contribution in [0.25, 0.3) is 0 Å². The Morgan fingerprint density at radius 3 is 2.53 bits per heavy atom. The molecule has 0 spiro atoms. The number of aryl methyl sites for hydroxylation is 2. The van der Waals surface area contributed by atoms with Gasteiger partial charge in [-0.1, -0.05) is 27.5 Å². The molecule has 3 heterocycles. The minimum atomic E-state index is -0.0405. The maximum atomic E-state index is 13.2. The number of carbonyl (C=O) groups excluding carboxylic acids is 1. The molecule has 0 radical (unpaired) electrons. The van der Waals surface area contributed by atoms with Crippen LogP contribution in [0, 0.1) is 11.1 Å². The van der Waals surface area contributed by atoms with E-state index in [2.05, 4.69) is 42.8 Å². The standard InChI is InChI=1S/C25H28Br2ClN3O3/c26-19-11-18-2-1-17-12-20(28)13-21(27)23(17)24(25(18)31(33)14-19)16-3-5-30(6-4-16)22(32)15-29-7-9-34-10-8-29/h11-14,16,24H,1-10,15H2/t24-/m1/s1. The lowest BCUT2D eigenvalue weighted by Crippen LogP contribution is -2.48. The van der Waals surface area contributed by atoms with Crippen LogP contribution in [0.3, 0.4) is 0 Å². The third-order valence-corrected chi connectivity index (χ3v) is 8.70. The van der Waals surface area contributed by atoms with E-state index in [-0.39, 0.29) is 17.7 Å². The summed E-state index contributed by atoms with van der Waals surface area (Å²) in [5, 5.41) is 13.9. The van der Waals surface area contributed by atoms with Crippen molar-refractivity contribution >= 4 is 49.4 Å². The Bertz CT molecular complexity index is 1030. The van der Waals surface area contributed by atoms with Gasteiger partial charge in [0.1, 0.15) is 0 Å². The van der Waals surface area contributed by atoms with E-state index in [4.69, 9.17) is 16.3 Å². The third kappa shape index (κ3) is 5.03. The largest absolute Gasteiger partial charge is 0.618 e. The first-order valence-electron chi connectivity index (χ1n) is 11.9. The maximum Gasteiger partial charge on any atom is 0.236 e. The van der Waals surface area contributed by atoms with Gasteiger partial charge in [0.05, 0.1) is 30.1 Å². The summed E-state index contributed by atoms with van der Waals surface area (Å²) in [4.78, 5) is 17.1. The van der Waals surface area contributed by atoms with E-state index in [1.807, 2.05) is 17.0 Å². The molecule has 0 bridgehead atoms. The molecule has 5 rings (SSSR count). The Labute approximate surface area is 222 Å². The third-order valence-electron chi connectivity index (χ3n) is 7.39. The van der Waals surface area contributed by atoms with Crippen LogP contribution in [0.2, 0.25) is 5.02 Å². The molecule has 1 atom stereocenters. The molecule has 9 heteroatoms. The number of hydrogen-bond acceptors (Lipinski definition) is 4. The Hall–Kier alpha value is -1.19. The topological polar surface area (TPSA) is 59.7 Å². The highest BCUT2D eigenvalue weighted by Crippen LogP contribution is 2.45. The van der Waals surface area contributed by atoms with Crippen LogP contribution in [0.4, 0.5) is 0 Å². The number of piperidine rings is 1. The lowest BCUT2D eigenvalue weighted by atomic mass is 9.76. The fourth-order valence-electron chi connectivity index (χ4n) is 5.73. The van der Waals surface area contributed by atoms with Crippen molar-refractivity contribution < 1.29 is 14.3 Å². The summed E-state index contributed by atoms with van der Waals surface area (Å²) < 4.78 is 8.21. The first kappa shape index (κ1) is 24.5. The summed E-state index contributed by atoms with van der Waals surface area (Å²) in [6.07, 6.45) is 4.98. The van der Waals surface area contributed by atoms with Gasteiger partial charge < -0.3 is 14.8 Å². The fraction of sp³-hybridized carbons (Fsp3) is 0.520. The summed E-state index contributed by atoms with van der Waals surface area (Å²) in [5.74, 6) is 0.418. The highest BCUT2D eigenvalue weighted by molar-refractivity contribution is 9.10. The zero-order valence-corrected chi connectivity index (χ0v) is 22.9. The van der Waals surface area contributed by atoms with Crippen molar-refractivity contribution in [3.05, 3.63) is 66.0 Å². The Morgan fingerprint density at radius 1 is 1.09 bits per heavy atom. The number of hydrogen-bond donors (Lipinski definition) is 0. The molecule has 2 aromatic rings. The van der Waals surface area contributed by atoms with Crippen molar-refractivity contribution in [3.8, 4) is 0 Å². The second-order valence-electron chi connectivity index (χ2n) is 9.44. The van der Waals surface area contributed by atoms with Crippen LogP contribution in [-0.2, 0) is 22.4 Å². The summed E-state index contributed by atoms with van der Waals surface area (Å²) in [6.45, 7) is 4.91. The number of benzene rings is 1. The Kier molecular flexibility index (Phi) is 7.52. The van der Waals surface area contributed by atoms with E-state index in [0.717, 1.165) is 76.8 Å². The van der Waals surface area contributed by atoms with Gasteiger partial charge in [-0.05, 0) is 76.9 Å². The second-order valence-corrected chi connectivity index (χ2v) is 11.6. The van der Waals surface area contributed by atoms with Gasteiger partial charge in [-0.25, -0.2) is 0 Å². The molecule has 0 unspecified atom stereocenters. The molecule has 1 aromatic carbocycles. The number of carbonyl (C=O) groups is 1. The number of halogens is 3. The zero-order chi connectivity index (χ0) is 23.8. The molecule has 0 N–H and O–H groups in total. The zero-order valence-electron chi connectivity index (χ0n) is 18.9. The van der Waals surface area contributed by atoms with E-state index >= 15 is 0 Å². The predicted octanol–water partition coefficient (Wildman–Crippen LogP) is 4.30. The van der Waals surface area contributed by atoms with Crippen molar-refractivity contribution in [3.63, 3.8) is 0 Å². The number of amides is 1. The first-order chi connectivity index (χ1) is 16.4. The number of morpholine rings is 1. The molecule has 3 aliphatic rings. The van der Waals surface area contributed by atoms with E-state index in [1.165, 1.54) is 11.1 Å². The normalized spacial score (nSPS) is 21.6. The summed E-state index contributed by atoms with van der Waals surface area (Å²) in [7, 11) is 0. The van der Waals surface area contributed by atoms with Gasteiger partial charge in [0.2, 0.25) is 11.6 Å². The molecule has 1 aromatic heterocycles. The van der Waals surface area contributed by atoms with Crippen LogP contribution >= 0.6 is 43.5 Å². The average Bonchev–Trinajstić information content (AvgIpc) is 2.97.